The van der Waals surface area contributed by atoms with Gasteiger partial charge in [-0.05, 0) is 62.4 Å². The molecule has 0 fully saturated rings. The molecule has 7 heteroatoms. The molecule has 0 aliphatic carbocycles. The van der Waals surface area contributed by atoms with E-state index in [1.807, 2.05) is 13.8 Å². The van der Waals surface area contributed by atoms with Crippen LogP contribution in [0.25, 0.3) is 0 Å². The number of nitrogens with zero attached hydrogens (tertiary/aromatic N) is 1. The van der Waals surface area contributed by atoms with E-state index in [4.69, 9.17) is 0 Å². The van der Waals surface area contributed by atoms with Crippen LogP contribution in [0.4, 0.5) is 5.69 Å². The summed E-state index contributed by atoms with van der Waals surface area (Å²) in [6.45, 7) is 5.12. The average molecular weight is 374 g/mol. The highest BCUT2D eigenvalue weighted by atomic mass is 32.2. The summed E-state index contributed by atoms with van der Waals surface area (Å²) in [7, 11) is -3.30. The molecule has 0 atom stereocenters. The Morgan fingerprint density at radius 1 is 0.885 bits per heavy atom. The Kier molecular flexibility index (Phi) is 6.15. The minimum Gasteiger partial charge on any atom is -0.339 e. The molecule has 26 heavy (non-hydrogen) atoms. The predicted molar refractivity (Wildman–Crippen MR) is 101 cm³/mol. The van der Waals surface area contributed by atoms with Gasteiger partial charge >= 0.3 is 0 Å². The number of sulfone groups is 1. The maximum Gasteiger partial charge on any atom is 0.255 e. The number of benzene rings is 2. The molecule has 0 saturated heterocycles. The third kappa shape index (κ3) is 4.70. The fourth-order valence-corrected chi connectivity index (χ4v) is 3.08. The Balaban J connectivity index is 2.09. The Hall–Kier alpha value is -2.67. The van der Waals surface area contributed by atoms with Crippen molar-refractivity contribution in [3.63, 3.8) is 0 Å². The smallest absolute Gasteiger partial charge is 0.255 e. The van der Waals surface area contributed by atoms with E-state index in [0.717, 1.165) is 6.26 Å². The summed E-state index contributed by atoms with van der Waals surface area (Å²) in [6, 6.07) is 12.4. The average Bonchev–Trinajstić information content (AvgIpc) is 2.62. The first-order chi connectivity index (χ1) is 12.3. The molecule has 2 aromatic rings. The van der Waals surface area contributed by atoms with Crippen LogP contribution in [0.3, 0.4) is 0 Å². The molecule has 0 heterocycles. The molecule has 2 aromatic carbocycles. The minimum absolute atomic E-state index is 0.0516. The standard InChI is InChI=1S/C19H22N2O4S/c1-4-21(5-2)19(23)15-6-10-16(11-7-15)20-18(22)14-8-12-17(13-9-14)26(3,24)25/h6-13H,4-5H2,1-3H3,(H,20,22). The fourth-order valence-electron chi connectivity index (χ4n) is 2.45. The molecule has 0 spiro atoms. The van der Waals surface area contributed by atoms with Crippen LogP contribution in [0, 0.1) is 0 Å². The molecule has 0 aliphatic rings. The van der Waals surface area contributed by atoms with Crippen molar-refractivity contribution < 1.29 is 18.0 Å². The van der Waals surface area contributed by atoms with Gasteiger partial charge in [0.25, 0.3) is 11.8 Å². The van der Waals surface area contributed by atoms with Crippen LogP contribution in [-0.2, 0) is 9.84 Å². The van der Waals surface area contributed by atoms with Gasteiger partial charge in [0, 0.05) is 36.2 Å². The third-order valence-corrected chi connectivity index (χ3v) is 5.11. The molecule has 0 bridgehead atoms. The lowest BCUT2D eigenvalue weighted by atomic mass is 10.1. The second-order valence-electron chi connectivity index (χ2n) is 5.81. The second-order valence-corrected chi connectivity index (χ2v) is 7.82. The Morgan fingerprint density at radius 2 is 1.38 bits per heavy atom. The first-order valence-electron chi connectivity index (χ1n) is 8.27. The SMILES string of the molecule is CCN(CC)C(=O)c1ccc(NC(=O)c2ccc(S(C)(=O)=O)cc2)cc1. The quantitative estimate of drug-likeness (QED) is 0.843. The molecule has 0 saturated carbocycles. The number of amides is 2. The van der Waals surface area contributed by atoms with Gasteiger partial charge in [0.05, 0.1) is 4.90 Å². The molecule has 1 N–H and O–H groups in total. The first kappa shape index (κ1) is 19.7. The summed E-state index contributed by atoms with van der Waals surface area (Å²) in [4.78, 5) is 26.4. The van der Waals surface area contributed by atoms with Crippen molar-refractivity contribution in [3.05, 3.63) is 59.7 Å². The van der Waals surface area contributed by atoms with E-state index in [-0.39, 0.29) is 16.7 Å². The van der Waals surface area contributed by atoms with Crippen LogP contribution < -0.4 is 5.32 Å². The van der Waals surface area contributed by atoms with Gasteiger partial charge in [0.1, 0.15) is 0 Å². The number of anilines is 1. The normalized spacial score (nSPS) is 11.0. The van der Waals surface area contributed by atoms with E-state index >= 15 is 0 Å². The minimum atomic E-state index is -3.30. The van der Waals surface area contributed by atoms with Gasteiger partial charge in [-0.25, -0.2) is 8.42 Å². The number of carbonyl (C=O) groups is 2. The largest absolute Gasteiger partial charge is 0.339 e. The van der Waals surface area contributed by atoms with Crippen molar-refractivity contribution in [1.82, 2.24) is 4.90 Å². The molecular weight excluding hydrogens is 352 g/mol. The van der Waals surface area contributed by atoms with E-state index in [9.17, 15) is 18.0 Å². The summed E-state index contributed by atoms with van der Waals surface area (Å²) in [5.74, 6) is -0.405. The summed E-state index contributed by atoms with van der Waals surface area (Å²) >= 11 is 0. The Labute approximate surface area is 153 Å². The molecule has 6 nitrogen and oxygen atoms in total. The zero-order valence-corrected chi connectivity index (χ0v) is 15.8. The number of nitrogens with one attached hydrogen (secondary N) is 1. The molecule has 0 radical (unpaired) electrons. The molecule has 138 valence electrons. The van der Waals surface area contributed by atoms with Gasteiger partial charge < -0.3 is 10.2 Å². The maximum atomic E-state index is 12.3. The Bertz CT molecular complexity index is 884. The van der Waals surface area contributed by atoms with Gasteiger partial charge in [0.2, 0.25) is 0 Å². The van der Waals surface area contributed by atoms with Crippen LogP contribution in [0.1, 0.15) is 34.6 Å². The van der Waals surface area contributed by atoms with Crippen LogP contribution >= 0.6 is 0 Å². The third-order valence-electron chi connectivity index (χ3n) is 3.99. The van der Waals surface area contributed by atoms with Gasteiger partial charge in [-0.2, -0.15) is 0 Å². The summed E-state index contributed by atoms with van der Waals surface area (Å²) in [5.41, 5.74) is 1.46. The zero-order valence-electron chi connectivity index (χ0n) is 15.0. The van der Waals surface area contributed by atoms with Crippen molar-refractivity contribution >= 4 is 27.3 Å². The Morgan fingerprint density at radius 3 is 1.85 bits per heavy atom. The van der Waals surface area contributed by atoms with E-state index in [1.54, 1.807) is 29.2 Å². The maximum absolute atomic E-state index is 12.3. The van der Waals surface area contributed by atoms with Crippen molar-refractivity contribution in [1.29, 1.82) is 0 Å². The number of carbonyl (C=O) groups excluding carboxylic acids is 2. The molecule has 2 rings (SSSR count). The predicted octanol–water partition coefficient (Wildman–Crippen LogP) is 2.82. The van der Waals surface area contributed by atoms with Gasteiger partial charge in [-0.3, -0.25) is 9.59 Å². The summed E-state index contributed by atoms with van der Waals surface area (Å²) < 4.78 is 22.9. The molecular formula is C19H22N2O4S. The number of hydrogen-bond acceptors (Lipinski definition) is 4. The summed E-state index contributed by atoms with van der Waals surface area (Å²) in [5, 5.41) is 2.73. The molecule has 0 aliphatic heterocycles. The fraction of sp³-hybridized carbons (Fsp3) is 0.263. The van der Waals surface area contributed by atoms with Crippen molar-refractivity contribution in [2.75, 3.05) is 24.7 Å². The van der Waals surface area contributed by atoms with Gasteiger partial charge in [-0.1, -0.05) is 0 Å². The monoisotopic (exact) mass is 374 g/mol. The van der Waals surface area contributed by atoms with Gasteiger partial charge in [-0.15, -0.1) is 0 Å². The van der Waals surface area contributed by atoms with Crippen LogP contribution in [0.2, 0.25) is 0 Å². The lowest BCUT2D eigenvalue weighted by Gasteiger charge is -2.18. The van der Waals surface area contributed by atoms with Crippen LogP contribution in [0.15, 0.2) is 53.4 Å². The molecule has 0 unspecified atom stereocenters. The zero-order chi connectivity index (χ0) is 19.3. The van der Waals surface area contributed by atoms with Crippen molar-refractivity contribution in [3.8, 4) is 0 Å². The van der Waals surface area contributed by atoms with Crippen LogP contribution in [0.5, 0.6) is 0 Å². The first-order valence-corrected chi connectivity index (χ1v) is 10.2. The second kappa shape index (κ2) is 8.14. The van der Waals surface area contributed by atoms with E-state index in [0.29, 0.717) is 29.9 Å². The van der Waals surface area contributed by atoms with E-state index < -0.39 is 9.84 Å². The highest BCUT2D eigenvalue weighted by molar-refractivity contribution is 7.90. The highest BCUT2D eigenvalue weighted by Crippen LogP contribution is 2.15. The molecule has 0 aromatic heterocycles. The number of hydrogen-bond donors (Lipinski definition) is 1. The lowest BCUT2D eigenvalue weighted by Crippen LogP contribution is -2.30. The number of rotatable bonds is 6. The lowest BCUT2D eigenvalue weighted by molar-refractivity contribution is 0.0773. The van der Waals surface area contributed by atoms with Crippen molar-refractivity contribution in [2.45, 2.75) is 18.7 Å². The highest BCUT2D eigenvalue weighted by Gasteiger charge is 2.13. The van der Waals surface area contributed by atoms with E-state index in [1.165, 1.54) is 24.3 Å². The summed E-state index contributed by atoms with van der Waals surface area (Å²) in [6.07, 6.45) is 1.11. The van der Waals surface area contributed by atoms with Gasteiger partial charge in [0.15, 0.2) is 9.84 Å². The van der Waals surface area contributed by atoms with Crippen molar-refractivity contribution in [2.24, 2.45) is 0 Å². The topological polar surface area (TPSA) is 83.6 Å². The van der Waals surface area contributed by atoms with E-state index in [2.05, 4.69) is 5.32 Å². The molecule has 2 amide bonds. The van der Waals surface area contributed by atoms with Crippen LogP contribution in [-0.4, -0.2) is 44.5 Å².